The van der Waals surface area contributed by atoms with E-state index in [1.165, 1.54) is 17.5 Å². The van der Waals surface area contributed by atoms with Gasteiger partial charge in [0.15, 0.2) is 0 Å². The topological polar surface area (TPSA) is 64.2 Å². The molecule has 19 heavy (non-hydrogen) atoms. The molecule has 1 aromatic heterocycles. The molecular weight excluding hydrogens is 260 g/mol. The summed E-state index contributed by atoms with van der Waals surface area (Å²) < 4.78 is 1.41. The van der Waals surface area contributed by atoms with E-state index < -0.39 is 0 Å². The fourth-order valence-electron chi connectivity index (χ4n) is 2.25. The highest BCUT2D eigenvalue weighted by Crippen LogP contribution is 2.20. The van der Waals surface area contributed by atoms with Gasteiger partial charge in [-0.3, -0.25) is 4.79 Å². The van der Waals surface area contributed by atoms with E-state index in [0.29, 0.717) is 18.0 Å². The van der Waals surface area contributed by atoms with Crippen molar-refractivity contribution >= 4 is 22.9 Å². The fraction of sp³-hybridized carbons (Fsp3) is 0.615. The first-order valence-electron chi connectivity index (χ1n) is 6.66. The van der Waals surface area contributed by atoms with Gasteiger partial charge in [-0.15, -0.1) is 0 Å². The van der Waals surface area contributed by atoms with Crippen LogP contribution >= 0.6 is 12.2 Å². The number of aromatic nitrogens is 2. The molecule has 1 aromatic rings. The highest BCUT2D eigenvalue weighted by Gasteiger charge is 2.16. The third-order valence-corrected chi connectivity index (χ3v) is 3.78. The quantitative estimate of drug-likeness (QED) is 0.838. The van der Waals surface area contributed by atoms with Gasteiger partial charge in [-0.25, -0.2) is 4.68 Å². The molecule has 0 unspecified atom stereocenters. The van der Waals surface area contributed by atoms with Crippen molar-refractivity contribution in [3.05, 3.63) is 22.6 Å². The van der Waals surface area contributed by atoms with Crippen molar-refractivity contribution in [2.45, 2.75) is 32.7 Å². The van der Waals surface area contributed by atoms with Crippen LogP contribution in [-0.4, -0.2) is 27.9 Å². The summed E-state index contributed by atoms with van der Waals surface area (Å²) in [4.78, 5) is 14.6. The summed E-state index contributed by atoms with van der Waals surface area (Å²) in [5, 5.41) is 4.19. The number of hydrogen-bond donors (Lipinski definition) is 1. The summed E-state index contributed by atoms with van der Waals surface area (Å²) in [6.07, 6.45) is 4.61. The predicted molar refractivity (Wildman–Crippen MR) is 80.5 cm³/mol. The monoisotopic (exact) mass is 280 g/mol. The molecule has 2 rings (SSSR count). The lowest BCUT2D eigenvalue weighted by molar-refractivity contribution is 0.437. The maximum Gasteiger partial charge on any atom is 0.268 e. The van der Waals surface area contributed by atoms with Gasteiger partial charge in [0.2, 0.25) is 0 Å². The van der Waals surface area contributed by atoms with Crippen LogP contribution < -0.4 is 16.2 Å². The summed E-state index contributed by atoms with van der Waals surface area (Å²) in [5.74, 6) is 0.773. The number of nitrogens with two attached hydrogens (primary N) is 1. The van der Waals surface area contributed by atoms with Gasteiger partial charge in [-0.05, 0) is 18.8 Å². The number of piperidine rings is 1. The van der Waals surface area contributed by atoms with Gasteiger partial charge in [0.1, 0.15) is 0 Å². The average Bonchev–Trinajstić information content (AvgIpc) is 2.38. The number of hydrogen-bond acceptors (Lipinski definition) is 4. The first kappa shape index (κ1) is 14.0. The molecule has 2 N–H and O–H groups in total. The van der Waals surface area contributed by atoms with Gasteiger partial charge in [-0.2, -0.15) is 5.10 Å². The van der Waals surface area contributed by atoms with Crippen LogP contribution in [0, 0.1) is 5.92 Å². The van der Waals surface area contributed by atoms with Crippen molar-refractivity contribution in [3.63, 3.8) is 0 Å². The lowest BCUT2D eigenvalue weighted by Crippen LogP contribution is -2.34. The molecule has 5 nitrogen and oxygen atoms in total. The number of aryl methyl sites for hydroxylation is 1. The summed E-state index contributed by atoms with van der Waals surface area (Å²) in [6.45, 7) is 4.72. The molecule has 0 radical (unpaired) electrons. The molecule has 0 atom stereocenters. The van der Waals surface area contributed by atoms with E-state index in [4.69, 9.17) is 18.0 Å². The first-order chi connectivity index (χ1) is 9.06. The molecule has 0 saturated carbocycles. The highest BCUT2D eigenvalue weighted by molar-refractivity contribution is 7.80. The third-order valence-electron chi connectivity index (χ3n) is 3.57. The Morgan fingerprint density at radius 3 is 2.79 bits per heavy atom. The smallest absolute Gasteiger partial charge is 0.268 e. The van der Waals surface area contributed by atoms with Crippen molar-refractivity contribution in [1.29, 1.82) is 0 Å². The van der Waals surface area contributed by atoms with Gasteiger partial charge in [-0.1, -0.05) is 19.1 Å². The molecule has 2 heterocycles. The van der Waals surface area contributed by atoms with Gasteiger partial charge < -0.3 is 10.6 Å². The Labute approximate surface area is 118 Å². The predicted octanol–water partition coefficient (Wildman–Crippen LogP) is 1.16. The summed E-state index contributed by atoms with van der Waals surface area (Å²) in [6, 6.07) is 1.66. The van der Waals surface area contributed by atoms with E-state index in [2.05, 4.69) is 16.9 Å². The van der Waals surface area contributed by atoms with Gasteiger partial charge in [0.05, 0.1) is 23.4 Å². The van der Waals surface area contributed by atoms with E-state index in [-0.39, 0.29) is 5.56 Å². The van der Waals surface area contributed by atoms with Crippen LogP contribution in [0.5, 0.6) is 0 Å². The number of thiocarbonyl (C=S) groups is 1. The Morgan fingerprint density at radius 1 is 1.53 bits per heavy atom. The molecule has 1 aliphatic rings. The minimum absolute atomic E-state index is 0.0904. The van der Waals surface area contributed by atoms with Crippen LogP contribution in [0.25, 0.3) is 0 Å². The second-order valence-corrected chi connectivity index (χ2v) is 5.69. The van der Waals surface area contributed by atoms with Gasteiger partial charge >= 0.3 is 0 Å². The van der Waals surface area contributed by atoms with Crippen molar-refractivity contribution in [3.8, 4) is 0 Å². The molecule has 1 aliphatic heterocycles. The largest absolute Gasteiger partial charge is 0.393 e. The molecule has 6 heteroatoms. The van der Waals surface area contributed by atoms with Gasteiger partial charge in [0, 0.05) is 25.6 Å². The Hall–Kier alpha value is -1.43. The van der Waals surface area contributed by atoms with E-state index in [1.54, 1.807) is 12.3 Å². The lowest BCUT2D eigenvalue weighted by atomic mass is 9.99. The summed E-state index contributed by atoms with van der Waals surface area (Å²) >= 11 is 4.80. The maximum atomic E-state index is 11.9. The molecule has 0 aliphatic carbocycles. The molecule has 0 aromatic carbocycles. The average molecular weight is 280 g/mol. The van der Waals surface area contributed by atoms with Crippen LogP contribution in [0.3, 0.4) is 0 Å². The van der Waals surface area contributed by atoms with Gasteiger partial charge in [0.25, 0.3) is 5.56 Å². The Kier molecular flexibility index (Phi) is 4.52. The molecular formula is C13H20N4OS. The summed E-state index contributed by atoms with van der Waals surface area (Å²) in [5.41, 5.74) is 6.26. The summed E-state index contributed by atoms with van der Waals surface area (Å²) in [7, 11) is 0. The Balaban J connectivity index is 2.06. The maximum absolute atomic E-state index is 11.9. The zero-order valence-corrected chi connectivity index (χ0v) is 12.0. The molecule has 1 saturated heterocycles. The van der Waals surface area contributed by atoms with Crippen molar-refractivity contribution in [2.24, 2.45) is 11.7 Å². The molecule has 0 amide bonds. The molecule has 1 fully saturated rings. The van der Waals surface area contributed by atoms with E-state index >= 15 is 0 Å². The lowest BCUT2D eigenvalue weighted by Gasteiger charge is -2.31. The van der Waals surface area contributed by atoms with Crippen LogP contribution in [0.2, 0.25) is 0 Å². The van der Waals surface area contributed by atoms with E-state index in [1.807, 2.05) is 0 Å². The van der Waals surface area contributed by atoms with Crippen molar-refractivity contribution < 1.29 is 0 Å². The molecule has 104 valence electrons. The standard InChI is InChI=1S/C13H20N4OS/c1-10-2-5-16(6-3-10)11-8-13(18)17(15-9-11)7-4-12(14)19/h8-10H,2-7H2,1H3,(H2,14,19). The Bertz CT molecular complexity index is 506. The zero-order valence-electron chi connectivity index (χ0n) is 11.2. The third kappa shape index (κ3) is 3.76. The molecule has 0 bridgehead atoms. The van der Waals surface area contributed by atoms with Crippen LogP contribution in [0.15, 0.2) is 17.1 Å². The normalized spacial score (nSPS) is 16.6. The first-order valence-corrected chi connectivity index (χ1v) is 7.07. The second-order valence-electron chi connectivity index (χ2n) is 5.16. The van der Waals surface area contributed by atoms with E-state index in [9.17, 15) is 4.79 Å². The highest BCUT2D eigenvalue weighted by atomic mass is 32.1. The number of rotatable bonds is 4. The minimum Gasteiger partial charge on any atom is -0.393 e. The zero-order chi connectivity index (χ0) is 13.8. The number of nitrogens with zero attached hydrogens (tertiary/aromatic N) is 3. The van der Waals surface area contributed by atoms with E-state index in [0.717, 1.165) is 24.7 Å². The van der Waals surface area contributed by atoms with Crippen LogP contribution in [-0.2, 0) is 6.54 Å². The van der Waals surface area contributed by atoms with Crippen molar-refractivity contribution in [2.75, 3.05) is 18.0 Å². The molecule has 0 spiro atoms. The minimum atomic E-state index is -0.0904. The fourth-order valence-corrected chi connectivity index (χ4v) is 2.34. The Morgan fingerprint density at radius 2 is 2.21 bits per heavy atom. The SMILES string of the molecule is CC1CCN(c2cnn(CCC(N)=S)c(=O)c2)CC1. The van der Waals surface area contributed by atoms with Crippen LogP contribution in [0.1, 0.15) is 26.2 Å². The van der Waals surface area contributed by atoms with Crippen LogP contribution in [0.4, 0.5) is 5.69 Å². The second kappa shape index (κ2) is 6.14. The number of anilines is 1. The van der Waals surface area contributed by atoms with Crippen molar-refractivity contribution in [1.82, 2.24) is 9.78 Å².